The van der Waals surface area contributed by atoms with Crippen LogP contribution < -0.4 is 0 Å². The molecule has 2 atom stereocenters. The number of methoxy groups -OCH3 is 2. The van der Waals surface area contributed by atoms with Crippen LogP contribution in [0.2, 0.25) is 0 Å². The summed E-state index contributed by atoms with van der Waals surface area (Å²) in [5.41, 5.74) is -0.892. The molecule has 1 aliphatic heterocycles. The van der Waals surface area contributed by atoms with Crippen LogP contribution in [0, 0.1) is 11.3 Å². The Hall–Kier alpha value is -1.67. The zero-order valence-corrected chi connectivity index (χ0v) is 14.0. The van der Waals surface area contributed by atoms with E-state index in [1.807, 2.05) is 0 Å². The SMILES string of the molecule is COC(=O)CC[C@H](/C=N/O)[C@](C)(CC(=O)OC)C1(C)OCCO1. The molecule has 132 valence electrons. The van der Waals surface area contributed by atoms with Crippen LogP contribution in [0.1, 0.15) is 33.1 Å². The molecule has 1 rings (SSSR count). The molecular weight excluding hydrogens is 306 g/mol. The van der Waals surface area contributed by atoms with E-state index in [4.69, 9.17) is 19.4 Å². The Kier molecular flexibility index (Phi) is 6.96. The molecule has 0 spiro atoms. The standard InChI is InChI=1S/C15H25NO7/c1-14(9-13(18)21-4,15(2)22-7-8-23-15)11(10-16-19)5-6-12(17)20-3/h10-11,19H,5-9H2,1-4H3/b16-10+/t11-,14+/m1/s1. The van der Waals surface area contributed by atoms with E-state index in [1.165, 1.54) is 20.4 Å². The van der Waals surface area contributed by atoms with Gasteiger partial charge in [-0.1, -0.05) is 6.92 Å². The third-order valence-electron chi connectivity index (χ3n) is 4.57. The lowest BCUT2D eigenvalue weighted by atomic mass is 9.67. The molecule has 1 fully saturated rings. The number of rotatable bonds is 8. The fraction of sp³-hybridized carbons (Fsp3) is 0.800. The third-order valence-corrected chi connectivity index (χ3v) is 4.57. The maximum absolute atomic E-state index is 11.9. The summed E-state index contributed by atoms with van der Waals surface area (Å²) >= 11 is 0. The summed E-state index contributed by atoms with van der Waals surface area (Å²) in [7, 11) is 2.60. The van der Waals surface area contributed by atoms with Crippen molar-refractivity contribution in [3.05, 3.63) is 0 Å². The molecule has 1 aliphatic rings. The first-order valence-electron chi connectivity index (χ1n) is 7.42. The van der Waals surface area contributed by atoms with Gasteiger partial charge in [0.05, 0.1) is 33.9 Å². The predicted octanol–water partition coefficient (Wildman–Crippen LogP) is 1.35. The zero-order valence-electron chi connectivity index (χ0n) is 14.0. The monoisotopic (exact) mass is 331 g/mol. The number of hydrogen-bond donors (Lipinski definition) is 1. The van der Waals surface area contributed by atoms with Crippen molar-refractivity contribution in [1.29, 1.82) is 0 Å². The Balaban J connectivity index is 3.11. The Bertz CT molecular complexity index is 445. The van der Waals surface area contributed by atoms with Crippen molar-refractivity contribution in [2.45, 2.75) is 38.9 Å². The summed E-state index contributed by atoms with van der Waals surface area (Å²) in [5.74, 6) is -2.36. The van der Waals surface area contributed by atoms with Crippen LogP contribution >= 0.6 is 0 Å². The largest absolute Gasteiger partial charge is 0.469 e. The number of carbonyl (C=O) groups is 2. The van der Waals surface area contributed by atoms with Crippen LogP contribution in [0.4, 0.5) is 0 Å². The van der Waals surface area contributed by atoms with E-state index in [9.17, 15) is 9.59 Å². The minimum atomic E-state index is -1.07. The number of hydrogen-bond acceptors (Lipinski definition) is 8. The van der Waals surface area contributed by atoms with Gasteiger partial charge in [-0.05, 0) is 13.3 Å². The van der Waals surface area contributed by atoms with E-state index in [2.05, 4.69) is 9.89 Å². The third kappa shape index (κ3) is 4.42. The first kappa shape index (κ1) is 19.4. The van der Waals surface area contributed by atoms with E-state index < -0.39 is 23.1 Å². The summed E-state index contributed by atoms with van der Waals surface area (Å²) in [6.45, 7) is 4.32. The summed E-state index contributed by atoms with van der Waals surface area (Å²) in [4.78, 5) is 23.3. The second kappa shape index (κ2) is 8.26. The van der Waals surface area contributed by atoms with Gasteiger partial charge < -0.3 is 24.2 Å². The van der Waals surface area contributed by atoms with Crippen LogP contribution in [-0.2, 0) is 28.5 Å². The first-order chi connectivity index (χ1) is 10.8. The molecule has 0 saturated carbocycles. The van der Waals surface area contributed by atoms with Crippen molar-refractivity contribution in [3.8, 4) is 0 Å². The topological polar surface area (TPSA) is 104 Å². The molecule has 1 N–H and O–H groups in total. The average Bonchev–Trinajstić information content (AvgIpc) is 2.99. The molecule has 8 nitrogen and oxygen atoms in total. The van der Waals surface area contributed by atoms with Crippen LogP contribution in [0.25, 0.3) is 0 Å². The highest BCUT2D eigenvalue weighted by Crippen LogP contribution is 2.48. The quantitative estimate of drug-likeness (QED) is 0.310. The van der Waals surface area contributed by atoms with Gasteiger partial charge in [-0.25, -0.2) is 0 Å². The number of nitrogens with zero attached hydrogens (tertiary/aromatic N) is 1. The van der Waals surface area contributed by atoms with Crippen molar-refractivity contribution in [3.63, 3.8) is 0 Å². The minimum absolute atomic E-state index is 0.0160. The van der Waals surface area contributed by atoms with E-state index in [1.54, 1.807) is 13.8 Å². The smallest absolute Gasteiger partial charge is 0.306 e. The van der Waals surface area contributed by atoms with Crippen molar-refractivity contribution in [2.24, 2.45) is 16.5 Å². The van der Waals surface area contributed by atoms with Crippen LogP contribution in [0.5, 0.6) is 0 Å². The highest BCUT2D eigenvalue weighted by Gasteiger charge is 2.54. The lowest BCUT2D eigenvalue weighted by Crippen LogP contribution is -2.51. The summed E-state index contributed by atoms with van der Waals surface area (Å²) in [6, 6.07) is 0. The van der Waals surface area contributed by atoms with Crippen LogP contribution in [0.3, 0.4) is 0 Å². The Morgan fingerprint density at radius 3 is 2.35 bits per heavy atom. The molecule has 0 aromatic rings. The summed E-state index contributed by atoms with van der Waals surface area (Å²) in [6.07, 6.45) is 1.70. The average molecular weight is 331 g/mol. The van der Waals surface area contributed by atoms with Crippen molar-refractivity contribution in [2.75, 3.05) is 27.4 Å². The van der Waals surface area contributed by atoms with Crippen molar-refractivity contribution in [1.82, 2.24) is 0 Å². The summed E-state index contributed by atoms with van der Waals surface area (Å²) in [5, 5.41) is 12.1. The molecule has 0 radical (unpaired) electrons. The molecule has 0 amide bonds. The van der Waals surface area contributed by atoms with Gasteiger partial charge in [-0.3, -0.25) is 9.59 Å². The highest BCUT2D eigenvalue weighted by atomic mass is 16.7. The molecule has 0 aromatic carbocycles. The molecule has 0 unspecified atom stereocenters. The van der Waals surface area contributed by atoms with Gasteiger partial charge in [0.1, 0.15) is 0 Å². The fourth-order valence-corrected chi connectivity index (χ4v) is 2.86. The van der Waals surface area contributed by atoms with E-state index >= 15 is 0 Å². The lowest BCUT2D eigenvalue weighted by molar-refractivity contribution is -0.234. The molecule has 1 saturated heterocycles. The van der Waals surface area contributed by atoms with Gasteiger partial charge in [0.2, 0.25) is 0 Å². The zero-order chi connectivity index (χ0) is 17.5. The molecule has 1 heterocycles. The second-order valence-electron chi connectivity index (χ2n) is 5.80. The van der Waals surface area contributed by atoms with Gasteiger partial charge in [-0.15, -0.1) is 5.16 Å². The maximum atomic E-state index is 11.9. The Morgan fingerprint density at radius 2 is 1.87 bits per heavy atom. The van der Waals surface area contributed by atoms with Crippen molar-refractivity contribution < 1.29 is 33.7 Å². The van der Waals surface area contributed by atoms with Crippen LogP contribution in [-0.4, -0.2) is 56.6 Å². The molecule has 0 bridgehead atoms. The van der Waals surface area contributed by atoms with E-state index in [0.29, 0.717) is 19.6 Å². The second-order valence-corrected chi connectivity index (χ2v) is 5.80. The molecule has 0 aliphatic carbocycles. The normalized spacial score (nSPS) is 20.9. The Morgan fingerprint density at radius 1 is 1.30 bits per heavy atom. The molecule has 0 aromatic heterocycles. The number of esters is 2. The summed E-state index contributed by atoms with van der Waals surface area (Å²) < 4.78 is 20.9. The Labute approximate surface area is 135 Å². The first-order valence-corrected chi connectivity index (χ1v) is 7.42. The maximum Gasteiger partial charge on any atom is 0.306 e. The van der Waals surface area contributed by atoms with Gasteiger partial charge in [0.25, 0.3) is 0 Å². The van der Waals surface area contributed by atoms with Gasteiger partial charge in [0, 0.05) is 24.0 Å². The number of oxime groups is 1. The predicted molar refractivity (Wildman–Crippen MR) is 80.1 cm³/mol. The lowest BCUT2D eigenvalue weighted by Gasteiger charge is -2.45. The van der Waals surface area contributed by atoms with Gasteiger partial charge in [-0.2, -0.15) is 0 Å². The van der Waals surface area contributed by atoms with Gasteiger partial charge in [0.15, 0.2) is 5.79 Å². The van der Waals surface area contributed by atoms with Crippen LogP contribution in [0.15, 0.2) is 5.16 Å². The molecule has 23 heavy (non-hydrogen) atoms. The number of carbonyl (C=O) groups excluding carboxylic acids is 2. The highest BCUT2D eigenvalue weighted by molar-refractivity contribution is 5.73. The molecular formula is C15H25NO7. The number of ether oxygens (including phenoxy) is 4. The van der Waals surface area contributed by atoms with Crippen molar-refractivity contribution >= 4 is 18.2 Å². The molecule has 8 heteroatoms. The fourth-order valence-electron chi connectivity index (χ4n) is 2.86. The van der Waals surface area contributed by atoms with Gasteiger partial charge >= 0.3 is 11.9 Å². The van der Waals surface area contributed by atoms with E-state index in [-0.39, 0.29) is 18.8 Å². The minimum Gasteiger partial charge on any atom is -0.469 e. The van der Waals surface area contributed by atoms with E-state index in [0.717, 1.165) is 0 Å².